The lowest BCUT2D eigenvalue weighted by atomic mass is 10.3. The molecule has 2 N–H and O–H groups in total. The average Bonchev–Trinajstić information content (AvgIpc) is 2.77. The zero-order valence-electron chi connectivity index (χ0n) is 9.71. The first kappa shape index (κ1) is 13.3. The molecule has 19 heavy (non-hydrogen) atoms. The Labute approximate surface area is 117 Å². The summed E-state index contributed by atoms with van der Waals surface area (Å²) < 4.78 is 2.28. The first-order valence-electron chi connectivity index (χ1n) is 5.35. The summed E-state index contributed by atoms with van der Waals surface area (Å²) in [5.41, 5.74) is 0.577. The molecular weight excluding hydrogens is 314 g/mol. The summed E-state index contributed by atoms with van der Waals surface area (Å²) in [6.07, 6.45) is 2.62. The number of carbonyl (C=O) groups excluding carboxylic acids is 1. The number of nitrogens with zero attached hydrogens (tertiary/aromatic N) is 2. The van der Waals surface area contributed by atoms with Crippen LogP contribution in [0.15, 0.2) is 41.3 Å². The van der Waals surface area contributed by atoms with E-state index in [2.05, 4.69) is 26.2 Å². The van der Waals surface area contributed by atoms with Crippen LogP contribution in [0.5, 0.6) is 0 Å². The number of rotatable bonds is 4. The van der Waals surface area contributed by atoms with Gasteiger partial charge in [0.25, 0.3) is 0 Å². The van der Waals surface area contributed by atoms with Crippen molar-refractivity contribution in [2.45, 2.75) is 6.54 Å². The van der Waals surface area contributed by atoms with Gasteiger partial charge in [0.05, 0.1) is 6.33 Å². The number of carbonyl (C=O) groups is 2. The lowest BCUT2D eigenvalue weighted by molar-refractivity contribution is -0.116. The van der Waals surface area contributed by atoms with E-state index in [4.69, 9.17) is 5.11 Å². The molecule has 0 unspecified atom stereocenters. The fraction of sp³-hybridized carbons (Fsp3) is 0.0833. The van der Waals surface area contributed by atoms with Crippen molar-refractivity contribution in [1.29, 1.82) is 0 Å². The van der Waals surface area contributed by atoms with Gasteiger partial charge in [-0.05, 0) is 18.2 Å². The van der Waals surface area contributed by atoms with Crippen LogP contribution < -0.4 is 5.32 Å². The third kappa shape index (κ3) is 3.65. The van der Waals surface area contributed by atoms with Gasteiger partial charge in [0.15, 0.2) is 5.69 Å². The molecule has 0 bridgehead atoms. The fourth-order valence-electron chi connectivity index (χ4n) is 1.49. The van der Waals surface area contributed by atoms with Crippen molar-refractivity contribution in [2.24, 2.45) is 0 Å². The van der Waals surface area contributed by atoms with Crippen LogP contribution in [0.3, 0.4) is 0 Å². The van der Waals surface area contributed by atoms with Gasteiger partial charge in [-0.2, -0.15) is 0 Å². The summed E-state index contributed by atoms with van der Waals surface area (Å²) in [4.78, 5) is 26.1. The quantitative estimate of drug-likeness (QED) is 0.901. The van der Waals surface area contributed by atoms with Crippen molar-refractivity contribution in [3.05, 3.63) is 47.0 Å². The first-order valence-corrected chi connectivity index (χ1v) is 6.14. The van der Waals surface area contributed by atoms with Crippen molar-refractivity contribution in [1.82, 2.24) is 9.55 Å². The van der Waals surface area contributed by atoms with Crippen LogP contribution in [0.25, 0.3) is 0 Å². The van der Waals surface area contributed by atoms with Gasteiger partial charge in [0.1, 0.15) is 6.54 Å². The molecule has 0 fully saturated rings. The molecule has 0 aliphatic carbocycles. The molecule has 2 aromatic rings. The molecule has 0 aliphatic rings. The van der Waals surface area contributed by atoms with Crippen molar-refractivity contribution in [3.8, 4) is 0 Å². The van der Waals surface area contributed by atoms with Gasteiger partial charge < -0.3 is 15.0 Å². The van der Waals surface area contributed by atoms with E-state index in [-0.39, 0.29) is 18.1 Å². The Hall–Kier alpha value is -2.15. The molecule has 0 saturated carbocycles. The maximum atomic E-state index is 11.7. The predicted octanol–water partition coefficient (Wildman–Crippen LogP) is 1.98. The molecule has 7 heteroatoms. The van der Waals surface area contributed by atoms with Crippen LogP contribution in [0, 0.1) is 0 Å². The number of anilines is 1. The highest BCUT2D eigenvalue weighted by molar-refractivity contribution is 9.10. The van der Waals surface area contributed by atoms with E-state index in [1.165, 1.54) is 17.1 Å². The Kier molecular flexibility index (Phi) is 3.96. The smallest absolute Gasteiger partial charge is 0.356 e. The molecule has 98 valence electrons. The summed E-state index contributed by atoms with van der Waals surface area (Å²) >= 11 is 3.31. The minimum atomic E-state index is -1.12. The number of aromatic carboxylic acids is 1. The third-order valence-electron chi connectivity index (χ3n) is 2.29. The van der Waals surface area contributed by atoms with E-state index < -0.39 is 5.97 Å². The molecule has 1 amide bonds. The van der Waals surface area contributed by atoms with Crippen LogP contribution in [0.2, 0.25) is 0 Å². The Morgan fingerprint density at radius 1 is 1.42 bits per heavy atom. The maximum absolute atomic E-state index is 11.7. The Morgan fingerprint density at radius 2 is 2.21 bits per heavy atom. The number of carboxylic acids is 1. The summed E-state index contributed by atoms with van der Waals surface area (Å²) in [6, 6.07) is 7.19. The zero-order valence-corrected chi connectivity index (χ0v) is 11.3. The Balaban J connectivity index is 1.99. The predicted molar refractivity (Wildman–Crippen MR) is 72.0 cm³/mol. The van der Waals surface area contributed by atoms with Crippen LogP contribution >= 0.6 is 15.9 Å². The summed E-state index contributed by atoms with van der Waals surface area (Å²) in [5, 5.41) is 11.4. The van der Waals surface area contributed by atoms with Crippen LogP contribution in [0.1, 0.15) is 10.5 Å². The van der Waals surface area contributed by atoms with E-state index in [9.17, 15) is 9.59 Å². The molecule has 1 heterocycles. The number of aromatic nitrogens is 2. The Bertz CT molecular complexity index is 624. The van der Waals surface area contributed by atoms with Gasteiger partial charge in [-0.3, -0.25) is 4.79 Å². The van der Waals surface area contributed by atoms with Crippen molar-refractivity contribution >= 4 is 33.5 Å². The minimum Gasteiger partial charge on any atom is -0.476 e. The number of nitrogens with one attached hydrogen (secondary N) is 1. The normalized spacial score (nSPS) is 10.2. The monoisotopic (exact) mass is 323 g/mol. The molecule has 0 spiro atoms. The molecule has 0 aliphatic heterocycles. The van der Waals surface area contributed by atoms with Crippen LogP contribution in [0.4, 0.5) is 5.69 Å². The van der Waals surface area contributed by atoms with Gasteiger partial charge in [0.2, 0.25) is 5.91 Å². The first-order chi connectivity index (χ1) is 9.04. The van der Waals surface area contributed by atoms with Gasteiger partial charge >= 0.3 is 5.97 Å². The molecule has 1 aromatic heterocycles. The average molecular weight is 324 g/mol. The molecule has 0 saturated heterocycles. The Morgan fingerprint density at radius 3 is 2.84 bits per heavy atom. The highest BCUT2D eigenvalue weighted by Crippen LogP contribution is 2.15. The molecular formula is C12H10BrN3O3. The summed E-state index contributed by atoms with van der Waals surface area (Å²) in [6.45, 7) is 0.00674. The van der Waals surface area contributed by atoms with Crippen LogP contribution in [-0.2, 0) is 11.3 Å². The van der Waals surface area contributed by atoms with Gasteiger partial charge in [-0.15, -0.1) is 0 Å². The minimum absolute atomic E-state index is 0.00674. The number of amides is 1. The third-order valence-corrected chi connectivity index (χ3v) is 2.78. The molecule has 0 radical (unpaired) electrons. The molecule has 6 nitrogen and oxygen atoms in total. The van der Waals surface area contributed by atoms with Crippen molar-refractivity contribution in [2.75, 3.05) is 5.32 Å². The van der Waals surface area contributed by atoms with Gasteiger partial charge in [-0.25, -0.2) is 9.78 Å². The number of halogens is 1. The molecule has 1 aromatic carbocycles. The number of benzene rings is 1. The second kappa shape index (κ2) is 5.66. The van der Waals surface area contributed by atoms with Gasteiger partial charge in [-0.1, -0.05) is 22.0 Å². The number of carboxylic acid groups (broad SMARTS) is 1. The van der Waals surface area contributed by atoms with Crippen molar-refractivity contribution in [3.63, 3.8) is 0 Å². The van der Waals surface area contributed by atoms with E-state index in [0.29, 0.717) is 5.69 Å². The van der Waals surface area contributed by atoms with Gasteiger partial charge in [0, 0.05) is 16.4 Å². The topological polar surface area (TPSA) is 84.2 Å². The summed E-state index contributed by atoms with van der Waals surface area (Å²) in [5.74, 6) is -1.38. The van der Waals surface area contributed by atoms with Crippen LogP contribution in [-0.4, -0.2) is 26.5 Å². The highest BCUT2D eigenvalue weighted by Gasteiger charge is 2.09. The SMILES string of the molecule is O=C(Cn1cnc(C(=O)O)c1)Nc1cccc(Br)c1. The largest absolute Gasteiger partial charge is 0.476 e. The lowest BCUT2D eigenvalue weighted by Gasteiger charge is -2.05. The number of hydrogen-bond acceptors (Lipinski definition) is 3. The second-order valence-corrected chi connectivity index (χ2v) is 4.71. The highest BCUT2D eigenvalue weighted by atomic mass is 79.9. The van der Waals surface area contributed by atoms with E-state index in [0.717, 1.165) is 4.47 Å². The van der Waals surface area contributed by atoms with Crippen molar-refractivity contribution < 1.29 is 14.7 Å². The molecule has 2 rings (SSSR count). The standard InChI is InChI=1S/C12H10BrN3O3/c13-8-2-1-3-9(4-8)15-11(17)6-16-5-10(12(18)19)14-7-16/h1-5,7H,6H2,(H,15,17)(H,18,19). The fourth-order valence-corrected chi connectivity index (χ4v) is 1.89. The lowest BCUT2D eigenvalue weighted by Crippen LogP contribution is -2.17. The molecule has 0 atom stereocenters. The number of hydrogen-bond donors (Lipinski definition) is 2. The van der Waals surface area contributed by atoms with E-state index in [1.54, 1.807) is 18.2 Å². The number of imidazole rings is 1. The zero-order chi connectivity index (χ0) is 13.8. The summed E-state index contributed by atoms with van der Waals surface area (Å²) in [7, 11) is 0. The van der Waals surface area contributed by atoms with E-state index >= 15 is 0 Å². The second-order valence-electron chi connectivity index (χ2n) is 3.79. The maximum Gasteiger partial charge on any atom is 0.356 e. The van der Waals surface area contributed by atoms with E-state index in [1.807, 2.05) is 6.07 Å².